The molecule has 110 valence electrons. The lowest BCUT2D eigenvalue weighted by molar-refractivity contribution is 0.0945. The highest BCUT2D eigenvalue weighted by atomic mass is 79.9. The van der Waals surface area contributed by atoms with Gasteiger partial charge in [-0.05, 0) is 30.3 Å². The molecule has 0 aliphatic rings. The number of hydrogen-bond donors (Lipinski definition) is 1. The highest BCUT2D eigenvalue weighted by Crippen LogP contribution is 2.17. The van der Waals surface area contributed by atoms with Gasteiger partial charge >= 0.3 is 0 Å². The zero-order valence-electron chi connectivity index (χ0n) is 10.4. The molecule has 0 saturated heterocycles. The van der Waals surface area contributed by atoms with E-state index in [0.29, 0.717) is 10.5 Å². The zero-order valence-corrected chi connectivity index (χ0v) is 12.0. The van der Waals surface area contributed by atoms with E-state index in [1.54, 1.807) is 0 Å². The van der Waals surface area contributed by atoms with Gasteiger partial charge < -0.3 is 5.32 Å². The van der Waals surface area contributed by atoms with Gasteiger partial charge in [0.25, 0.3) is 5.91 Å². The van der Waals surface area contributed by atoms with Crippen LogP contribution in [0.5, 0.6) is 0 Å². The molecule has 7 heteroatoms. The molecule has 2 rings (SSSR count). The fourth-order valence-corrected chi connectivity index (χ4v) is 2.06. The van der Waals surface area contributed by atoms with Crippen LogP contribution in [-0.2, 0) is 6.54 Å². The van der Waals surface area contributed by atoms with E-state index in [4.69, 9.17) is 0 Å². The zero-order chi connectivity index (χ0) is 15.6. The topological polar surface area (TPSA) is 29.1 Å². The van der Waals surface area contributed by atoms with Gasteiger partial charge in [-0.2, -0.15) is 0 Å². The summed E-state index contributed by atoms with van der Waals surface area (Å²) in [7, 11) is 0. The van der Waals surface area contributed by atoms with Gasteiger partial charge in [-0.25, -0.2) is 17.6 Å². The molecule has 0 aliphatic heterocycles. The smallest absolute Gasteiger partial charge is 0.254 e. The average molecular weight is 362 g/mol. The number of benzene rings is 2. The van der Waals surface area contributed by atoms with E-state index >= 15 is 0 Å². The molecule has 0 aromatic heterocycles. The summed E-state index contributed by atoms with van der Waals surface area (Å²) >= 11 is 3.15. The first-order chi connectivity index (χ1) is 9.90. The number of nitrogens with one attached hydrogen (secondary N) is 1. The minimum absolute atomic E-state index is 0.167. The summed E-state index contributed by atoms with van der Waals surface area (Å²) in [5.41, 5.74) is -0.481. The van der Waals surface area contributed by atoms with Crippen molar-refractivity contribution in [3.63, 3.8) is 0 Å². The first-order valence-corrected chi connectivity index (χ1v) is 6.55. The van der Waals surface area contributed by atoms with E-state index in [1.165, 1.54) is 18.2 Å². The fraction of sp³-hybridized carbons (Fsp3) is 0.0714. The van der Waals surface area contributed by atoms with Crippen molar-refractivity contribution in [3.05, 3.63) is 69.2 Å². The molecule has 2 aromatic rings. The first kappa shape index (κ1) is 15.5. The Bertz CT molecular complexity index is 706. The molecule has 0 saturated carbocycles. The fourth-order valence-electron chi connectivity index (χ4n) is 1.65. The maximum atomic E-state index is 13.5. The van der Waals surface area contributed by atoms with Gasteiger partial charge in [0, 0.05) is 16.6 Å². The summed E-state index contributed by atoms with van der Waals surface area (Å²) in [4.78, 5) is 11.7. The molecule has 0 spiro atoms. The van der Waals surface area contributed by atoms with E-state index in [1.807, 2.05) is 0 Å². The Morgan fingerprint density at radius 3 is 2.38 bits per heavy atom. The Labute approximate surface area is 125 Å². The molecule has 21 heavy (non-hydrogen) atoms. The molecule has 0 fully saturated rings. The van der Waals surface area contributed by atoms with Crippen LogP contribution in [0, 0.1) is 23.3 Å². The van der Waals surface area contributed by atoms with Gasteiger partial charge in [0.1, 0.15) is 5.82 Å². The second kappa shape index (κ2) is 6.26. The van der Waals surface area contributed by atoms with Crippen molar-refractivity contribution in [2.45, 2.75) is 6.54 Å². The molecule has 0 atom stereocenters. The summed E-state index contributed by atoms with van der Waals surface area (Å²) in [6.07, 6.45) is 0. The Morgan fingerprint density at radius 2 is 1.67 bits per heavy atom. The minimum atomic E-state index is -1.73. The van der Waals surface area contributed by atoms with Gasteiger partial charge in [-0.15, -0.1) is 0 Å². The molecular formula is C14H8BrF4NO. The van der Waals surface area contributed by atoms with Crippen LogP contribution in [0.2, 0.25) is 0 Å². The summed E-state index contributed by atoms with van der Waals surface area (Å²) in [6.45, 7) is -0.220. The molecular weight excluding hydrogens is 354 g/mol. The van der Waals surface area contributed by atoms with Crippen molar-refractivity contribution < 1.29 is 22.4 Å². The molecule has 0 radical (unpaired) electrons. The standard InChI is InChI=1S/C14H8BrF4NO/c15-8-1-3-10(16)7(5-8)6-20-14(21)9-2-4-11(17)13(19)12(9)18/h1-5H,6H2,(H,20,21). The minimum Gasteiger partial charge on any atom is -0.348 e. The summed E-state index contributed by atoms with van der Waals surface area (Å²) in [5, 5.41) is 2.24. The van der Waals surface area contributed by atoms with Crippen LogP contribution < -0.4 is 5.32 Å². The molecule has 2 nitrogen and oxygen atoms in total. The normalized spacial score (nSPS) is 10.5. The number of hydrogen-bond acceptors (Lipinski definition) is 1. The molecule has 0 bridgehead atoms. The second-order valence-electron chi connectivity index (χ2n) is 4.14. The van der Waals surface area contributed by atoms with Crippen LogP contribution in [0.4, 0.5) is 17.6 Å². The largest absolute Gasteiger partial charge is 0.348 e. The molecule has 0 heterocycles. The van der Waals surface area contributed by atoms with Gasteiger partial charge in [0.05, 0.1) is 5.56 Å². The first-order valence-electron chi connectivity index (χ1n) is 5.75. The van der Waals surface area contributed by atoms with Gasteiger partial charge in [0.15, 0.2) is 17.5 Å². The van der Waals surface area contributed by atoms with Crippen molar-refractivity contribution in [1.29, 1.82) is 0 Å². The maximum absolute atomic E-state index is 13.5. The predicted molar refractivity (Wildman–Crippen MR) is 71.6 cm³/mol. The maximum Gasteiger partial charge on any atom is 0.254 e. The Kier molecular flexibility index (Phi) is 4.62. The van der Waals surface area contributed by atoms with Crippen molar-refractivity contribution in [3.8, 4) is 0 Å². The van der Waals surface area contributed by atoms with E-state index in [9.17, 15) is 22.4 Å². The lowest BCUT2D eigenvalue weighted by atomic mass is 10.1. The Balaban J connectivity index is 2.16. The van der Waals surface area contributed by atoms with Gasteiger partial charge in [-0.3, -0.25) is 4.79 Å². The number of amides is 1. The quantitative estimate of drug-likeness (QED) is 0.651. The molecule has 2 aromatic carbocycles. The third kappa shape index (κ3) is 3.41. The summed E-state index contributed by atoms with van der Waals surface area (Å²) < 4.78 is 53.3. The number of halogens is 5. The van der Waals surface area contributed by atoms with E-state index in [-0.39, 0.29) is 12.1 Å². The van der Waals surface area contributed by atoms with E-state index in [0.717, 1.165) is 6.07 Å². The van der Waals surface area contributed by atoms with Crippen LogP contribution >= 0.6 is 15.9 Å². The molecule has 0 unspecified atom stereocenters. The molecule has 0 aliphatic carbocycles. The Morgan fingerprint density at radius 1 is 1.00 bits per heavy atom. The lowest BCUT2D eigenvalue weighted by Crippen LogP contribution is -2.25. The van der Waals surface area contributed by atoms with Crippen molar-refractivity contribution >= 4 is 21.8 Å². The van der Waals surface area contributed by atoms with Crippen molar-refractivity contribution in [2.75, 3.05) is 0 Å². The van der Waals surface area contributed by atoms with Crippen LogP contribution in [0.3, 0.4) is 0 Å². The Hall–Kier alpha value is -1.89. The molecule has 1 N–H and O–H groups in total. The lowest BCUT2D eigenvalue weighted by Gasteiger charge is -2.08. The average Bonchev–Trinajstić information content (AvgIpc) is 2.45. The highest BCUT2D eigenvalue weighted by molar-refractivity contribution is 9.10. The highest BCUT2D eigenvalue weighted by Gasteiger charge is 2.18. The third-order valence-corrected chi connectivity index (χ3v) is 3.22. The number of rotatable bonds is 3. The van der Waals surface area contributed by atoms with Gasteiger partial charge in [0.2, 0.25) is 0 Å². The van der Waals surface area contributed by atoms with Crippen LogP contribution in [0.15, 0.2) is 34.8 Å². The summed E-state index contributed by atoms with van der Waals surface area (Å²) in [6, 6.07) is 5.59. The van der Waals surface area contributed by atoms with E-state index < -0.39 is 34.7 Å². The third-order valence-electron chi connectivity index (χ3n) is 2.73. The number of carbonyl (C=O) groups excluding carboxylic acids is 1. The van der Waals surface area contributed by atoms with Crippen LogP contribution in [-0.4, -0.2) is 5.91 Å². The second-order valence-corrected chi connectivity index (χ2v) is 5.06. The van der Waals surface area contributed by atoms with Crippen molar-refractivity contribution in [2.24, 2.45) is 0 Å². The SMILES string of the molecule is O=C(NCc1cc(Br)ccc1F)c1ccc(F)c(F)c1F. The monoisotopic (exact) mass is 361 g/mol. The van der Waals surface area contributed by atoms with Gasteiger partial charge in [-0.1, -0.05) is 15.9 Å². The van der Waals surface area contributed by atoms with Crippen molar-refractivity contribution in [1.82, 2.24) is 5.32 Å². The van der Waals surface area contributed by atoms with Crippen LogP contribution in [0.1, 0.15) is 15.9 Å². The molecule has 1 amide bonds. The van der Waals surface area contributed by atoms with Crippen LogP contribution in [0.25, 0.3) is 0 Å². The van der Waals surface area contributed by atoms with E-state index in [2.05, 4.69) is 21.2 Å². The summed E-state index contributed by atoms with van der Waals surface area (Å²) in [5.74, 6) is -6.21. The predicted octanol–water partition coefficient (Wildman–Crippen LogP) is 3.94. The number of carbonyl (C=O) groups is 1.